The summed E-state index contributed by atoms with van der Waals surface area (Å²) in [6.07, 6.45) is 0.921. The second-order valence-electron chi connectivity index (χ2n) is 4.51. The first-order chi connectivity index (χ1) is 8.65. The van der Waals surface area contributed by atoms with Gasteiger partial charge < -0.3 is 15.5 Å². The summed E-state index contributed by atoms with van der Waals surface area (Å²) in [5, 5.41) is 0.660. The number of carbonyl (C=O) groups is 1. The van der Waals surface area contributed by atoms with Crippen molar-refractivity contribution in [3.05, 3.63) is 29.3 Å². The molecule has 0 aromatic heterocycles. The molecule has 1 aliphatic heterocycles. The van der Waals surface area contributed by atoms with Gasteiger partial charge in [-0.15, -0.1) is 0 Å². The van der Waals surface area contributed by atoms with Gasteiger partial charge in [0.25, 0.3) is 0 Å². The molecule has 1 aliphatic rings. The van der Waals surface area contributed by atoms with E-state index in [9.17, 15) is 4.79 Å². The summed E-state index contributed by atoms with van der Waals surface area (Å²) in [6.45, 7) is 1.85. The smallest absolute Gasteiger partial charge is 0.246 e. The van der Waals surface area contributed by atoms with Crippen LogP contribution in [-0.2, 0) is 4.79 Å². The van der Waals surface area contributed by atoms with Crippen molar-refractivity contribution in [1.82, 2.24) is 4.90 Å². The van der Waals surface area contributed by atoms with Gasteiger partial charge >= 0.3 is 0 Å². The van der Waals surface area contributed by atoms with Crippen molar-refractivity contribution in [2.75, 3.05) is 31.6 Å². The molecule has 0 aliphatic carbocycles. The zero-order chi connectivity index (χ0) is 13.1. The van der Waals surface area contributed by atoms with Crippen LogP contribution in [-0.4, -0.2) is 43.5 Å². The highest BCUT2D eigenvalue weighted by Gasteiger charge is 2.30. The van der Waals surface area contributed by atoms with E-state index in [1.807, 2.05) is 36.2 Å². The van der Waals surface area contributed by atoms with Gasteiger partial charge in [-0.3, -0.25) is 4.79 Å². The topological polar surface area (TPSA) is 49.6 Å². The molecular weight excluding hydrogens is 250 g/mol. The quantitative estimate of drug-likeness (QED) is 0.880. The molecular formula is C13H18ClN3O. The lowest BCUT2D eigenvalue weighted by Crippen LogP contribution is -2.49. The van der Waals surface area contributed by atoms with E-state index < -0.39 is 0 Å². The molecule has 98 valence electrons. The summed E-state index contributed by atoms with van der Waals surface area (Å²) in [5.74, 6) is 0.0647. The molecule has 1 aromatic carbocycles. The van der Waals surface area contributed by atoms with E-state index in [-0.39, 0.29) is 11.9 Å². The lowest BCUT2D eigenvalue weighted by Gasteiger charge is -2.31. The third-order valence-electron chi connectivity index (χ3n) is 3.32. The minimum atomic E-state index is -0.322. The van der Waals surface area contributed by atoms with Crippen molar-refractivity contribution in [1.29, 1.82) is 0 Å². The number of benzene rings is 1. The van der Waals surface area contributed by atoms with Crippen molar-refractivity contribution >= 4 is 23.2 Å². The Hall–Kier alpha value is -1.26. The third-order valence-corrected chi connectivity index (χ3v) is 3.63. The Morgan fingerprint density at radius 1 is 1.39 bits per heavy atom. The van der Waals surface area contributed by atoms with Crippen LogP contribution in [0.3, 0.4) is 0 Å². The molecule has 1 atom stereocenters. The first-order valence-corrected chi connectivity index (χ1v) is 6.49. The number of rotatable bonds is 2. The summed E-state index contributed by atoms with van der Waals surface area (Å²) in [4.78, 5) is 16.0. The van der Waals surface area contributed by atoms with Crippen LogP contribution in [0.1, 0.15) is 6.42 Å². The molecule has 1 amide bonds. The molecule has 1 unspecified atom stereocenters. The average molecular weight is 268 g/mol. The molecule has 0 radical (unpaired) electrons. The number of halogens is 1. The van der Waals surface area contributed by atoms with Crippen LogP contribution in [0, 0.1) is 0 Å². The summed E-state index contributed by atoms with van der Waals surface area (Å²) in [7, 11) is 1.82. The van der Waals surface area contributed by atoms with Gasteiger partial charge in [-0.2, -0.15) is 0 Å². The van der Waals surface area contributed by atoms with Gasteiger partial charge in [0.1, 0.15) is 6.04 Å². The highest BCUT2D eigenvalue weighted by atomic mass is 35.5. The fourth-order valence-electron chi connectivity index (χ4n) is 2.33. The maximum atomic E-state index is 12.2. The van der Waals surface area contributed by atoms with Gasteiger partial charge in [0.2, 0.25) is 5.91 Å². The number of nitrogens with two attached hydrogens (primary N) is 1. The van der Waals surface area contributed by atoms with Gasteiger partial charge in [0.05, 0.1) is 10.7 Å². The lowest BCUT2D eigenvalue weighted by molar-refractivity contribution is -0.130. The zero-order valence-corrected chi connectivity index (χ0v) is 11.2. The molecule has 18 heavy (non-hydrogen) atoms. The van der Waals surface area contributed by atoms with Crippen LogP contribution in [0.4, 0.5) is 5.69 Å². The lowest BCUT2D eigenvalue weighted by atomic mass is 10.2. The highest BCUT2D eigenvalue weighted by molar-refractivity contribution is 6.33. The summed E-state index contributed by atoms with van der Waals surface area (Å²) >= 11 is 6.21. The summed E-state index contributed by atoms with van der Waals surface area (Å²) < 4.78 is 0. The van der Waals surface area contributed by atoms with E-state index in [2.05, 4.69) is 0 Å². The number of hydrogen-bond donors (Lipinski definition) is 1. The Balaban J connectivity index is 2.35. The van der Waals surface area contributed by atoms with Gasteiger partial charge in [-0.1, -0.05) is 23.7 Å². The molecule has 0 spiro atoms. The Morgan fingerprint density at radius 2 is 2.11 bits per heavy atom. The van der Waals surface area contributed by atoms with Gasteiger partial charge in [-0.05, 0) is 18.6 Å². The van der Waals surface area contributed by atoms with Crippen molar-refractivity contribution in [3.63, 3.8) is 0 Å². The van der Waals surface area contributed by atoms with Crippen molar-refractivity contribution in [2.24, 2.45) is 5.73 Å². The molecule has 4 nitrogen and oxygen atoms in total. The maximum absolute atomic E-state index is 12.2. The van der Waals surface area contributed by atoms with Crippen molar-refractivity contribution < 1.29 is 4.79 Å². The van der Waals surface area contributed by atoms with Gasteiger partial charge in [-0.25, -0.2) is 0 Å². The predicted octanol–water partition coefficient (Wildman–Crippen LogP) is 1.34. The van der Waals surface area contributed by atoms with E-state index in [1.54, 1.807) is 4.90 Å². The minimum Gasteiger partial charge on any atom is -0.357 e. The Bertz CT molecular complexity index is 438. The van der Waals surface area contributed by atoms with Gasteiger partial charge in [0, 0.05) is 26.7 Å². The molecule has 0 saturated carbocycles. The summed E-state index contributed by atoms with van der Waals surface area (Å²) in [5.41, 5.74) is 6.66. The van der Waals surface area contributed by atoms with E-state index in [1.165, 1.54) is 0 Å². The third kappa shape index (κ3) is 2.44. The average Bonchev–Trinajstić information content (AvgIpc) is 2.50. The molecule has 1 aromatic rings. The fraction of sp³-hybridized carbons (Fsp3) is 0.462. The Labute approximate surface area is 112 Å². The second-order valence-corrected chi connectivity index (χ2v) is 4.92. The van der Waals surface area contributed by atoms with Crippen LogP contribution >= 0.6 is 11.6 Å². The zero-order valence-electron chi connectivity index (χ0n) is 10.5. The number of para-hydroxylation sites is 1. The van der Waals surface area contributed by atoms with E-state index in [4.69, 9.17) is 17.3 Å². The summed E-state index contributed by atoms with van der Waals surface area (Å²) in [6, 6.07) is 7.26. The van der Waals surface area contributed by atoms with Crippen LogP contribution in [0.25, 0.3) is 0 Å². The SMILES string of the molecule is CN1CCCN(c2ccccc2Cl)C(CN)C1=O. The van der Waals surface area contributed by atoms with E-state index in [0.29, 0.717) is 11.6 Å². The normalized spacial score (nSPS) is 21.1. The van der Waals surface area contributed by atoms with Crippen molar-refractivity contribution in [3.8, 4) is 0 Å². The predicted molar refractivity (Wildman–Crippen MR) is 73.9 cm³/mol. The maximum Gasteiger partial charge on any atom is 0.246 e. The second kappa shape index (κ2) is 5.59. The van der Waals surface area contributed by atoms with E-state index >= 15 is 0 Å². The first-order valence-electron chi connectivity index (χ1n) is 6.11. The van der Waals surface area contributed by atoms with Crippen LogP contribution in [0.15, 0.2) is 24.3 Å². The molecule has 0 bridgehead atoms. The number of carbonyl (C=O) groups excluding carboxylic acids is 1. The molecule has 1 heterocycles. The molecule has 2 N–H and O–H groups in total. The molecule has 5 heteroatoms. The van der Waals surface area contributed by atoms with Crippen LogP contribution in [0.2, 0.25) is 5.02 Å². The van der Waals surface area contributed by atoms with Gasteiger partial charge in [0.15, 0.2) is 0 Å². The minimum absolute atomic E-state index is 0.0647. The molecule has 2 rings (SSSR count). The number of nitrogens with zero attached hydrogens (tertiary/aromatic N) is 2. The largest absolute Gasteiger partial charge is 0.357 e. The number of hydrogen-bond acceptors (Lipinski definition) is 3. The van der Waals surface area contributed by atoms with Crippen molar-refractivity contribution in [2.45, 2.75) is 12.5 Å². The Morgan fingerprint density at radius 3 is 2.78 bits per heavy atom. The number of amides is 1. The first kappa shape index (κ1) is 13.2. The van der Waals surface area contributed by atoms with Crippen LogP contribution < -0.4 is 10.6 Å². The number of anilines is 1. The number of likely N-dealkylation sites (N-methyl/N-ethyl adjacent to an activating group) is 1. The van der Waals surface area contributed by atoms with E-state index in [0.717, 1.165) is 25.2 Å². The van der Waals surface area contributed by atoms with Crippen LogP contribution in [0.5, 0.6) is 0 Å². The Kier molecular flexibility index (Phi) is 4.09. The standard InChI is InChI=1S/C13H18ClN3O/c1-16-7-4-8-17(12(9-15)13(16)18)11-6-3-2-5-10(11)14/h2-3,5-6,12H,4,7-9,15H2,1H3. The molecule has 1 fully saturated rings. The monoisotopic (exact) mass is 267 g/mol. The molecule has 1 saturated heterocycles. The fourth-order valence-corrected chi connectivity index (χ4v) is 2.58. The highest BCUT2D eigenvalue weighted by Crippen LogP contribution is 2.28.